The first-order valence-corrected chi connectivity index (χ1v) is 13.9. The molecule has 0 aliphatic carbocycles. The Bertz CT molecular complexity index is 1470. The molecule has 2 heterocycles. The molecular formula is C35H39N3O. The van der Waals surface area contributed by atoms with Crippen molar-refractivity contribution in [3.8, 4) is 22.4 Å². The third kappa shape index (κ3) is 5.81. The van der Waals surface area contributed by atoms with Crippen molar-refractivity contribution in [2.45, 2.75) is 48.1 Å². The largest absolute Gasteiger partial charge is 0.336 e. The van der Waals surface area contributed by atoms with Crippen molar-refractivity contribution in [3.05, 3.63) is 111 Å². The van der Waals surface area contributed by atoms with Crippen LogP contribution in [0.4, 0.5) is 0 Å². The highest BCUT2D eigenvalue weighted by Crippen LogP contribution is 2.27. The molecule has 1 aliphatic heterocycles. The number of carbonyl (C=O) groups excluding carboxylic acids is 1. The van der Waals surface area contributed by atoms with Crippen LogP contribution in [0.2, 0.25) is 0 Å². The van der Waals surface area contributed by atoms with Crippen molar-refractivity contribution in [1.82, 2.24) is 14.8 Å². The van der Waals surface area contributed by atoms with E-state index in [9.17, 15) is 4.79 Å². The van der Waals surface area contributed by atoms with Crippen molar-refractivity contribution < 1.29 is 4.79 Å². The molecule has 0 unspecified atom stereocenters. The maximum Gasteiger partial charge on any atom is 0.253 e. The van der Waals surface area contributed by atoms with Gasteiger partial charge in [0.1, 0.15) is 0 Å². The van der Waals surface area contributed by atoms with E-state index in [1.165, 1.54) is 50.1 Å². The highest BCUT2D eigenvalue weighted by atomic mass is 16.2. The molecule has 5 rings (SSSR count). The summed E-state index contributed by atoms with van der Waals surface area (Å²) in [5.74, 6) is 0.119. The molecule has 4 aromatic rings. The first-order valence-electron chi connectivity index (χ1n) is 13.9. The van der Waals surface area contributed by atoms with Crippen LogP contribution in [-0.2, 0) is 6.54 Å². The number of pyridine rings is 1. The fourth-order valence-corrected chi connectivity index (χ4v) is 5.47. The molecule has 4 heteroatoms. The average molecular weight is 518 g/mol. The smallest absolute Gasteiger partial charge is 0.253 e. The Morgan fingerprint density at radius 3 is 1.77 bits per heavy atom. The van der Waals surface area contributed by atoms with Gasteiger partial charge < -0.3 is 4.90 Å². The average Bonchev–Trinajstić information content (AvgIpc) is 2.94. The number of aryl methyl sites for hydroxylation is 4. The van der Waals surface area contributed by atoms with Gasteiger partial charge in [0.2, 0.25) is 0 Å². The predicted octanol–water partition coefficient (Wildman–Crippen LogP) is 7.22. The molecule has 4 nitrogen and oxygen atoms in total. The molecule has 1 amide bonds. The second-order valence-electron chi connectivity index (χ2n) is 11.2. The fourth-order valence-electron chi connectivity index (χ4n) is 5.47. The minimum atomic E-state index is 0.119. The molecule has 200 valence electrons. The van der Waals surface area contributed by atoms with E-state index in [-0.39, 0.29) is 5.91 Å². The van der Waals surface area contributed by atoms with Crippen LogP contribution < -0.4 is 0 Å². The standard InChI is InChI=1S/C35H39N3O/c1-23-17-32(18-24(2)27(23)5)30-7-9-31(10-8-30)35(39)38-15-13-37(14-16-38)22-29-11-12-36-34(21-29)33-19-25(3)28(6)26(4)20-33/h7-12,17-21H,13-16,22H2,1-6H3. The van der Waals surface area contributed by atoms with Gasteiger partial charge in [0.15, 0.2) is 0 Å². The third-order valence-electron chi connectivity index (χ3n) is 8.51. The van der Waals surface area contributed by atoms with Crippen LogP contribution in [-0.4, -0.2) is 46.9 Å². The number of carbonyl (C=O) groups is 1. The van der Waals surface area contributed by atoms with Crippen LogP contribution in [0.1, 0.15) is 49.3 Å². The summed E-state index contributed by atoms with van der Waals surface area (Å²) in [6.45, 7) is 17.1. The molecule has 0 atom stereocenters. The maximum atomic E-state index is 13.2. The number of piperazine rings is 1. The van der Waals surface area contributed by atoms with E-state index in [2.05, 4.69) is 100.0 Å². The summed E-state index contributed by atoms with van der Waals surface area (Å²) in [6, 6.07) is 21.3. The number of aromatic nitrogens is 1. The minimum absolute atomic E-state index is 0.119. The van der Waals surface area contributed by atoms with Gasteiger partial charge in [-0.3, -0.25) is 14.7 Å². The number of amides is 1. The molecule has 1 saturated heterocycles. The van der Waals surface area contributed by atoms with E-state index in [0.717, 1.165) is 49.5 Å². The van der Waals surface area contributed by atoms with Crippen LogP contribution in [0, 0.1) is 41.5 Å². The molecule has 0 radical (unpaired) electrons. The summed E-state index contributed by atoms with van der Waals surface area (Å²) in [5.41, 5.74) is 14.4. The van der Waals surface area contributed by atoms with Gasteiger partial charge in [-0.05, 0) is 128 Å². The zero-order valence-corrected chi connectivity index (χ0v) is 24.1. The highest BCUT2D eigenvalue weighted by molar-refractivity contribution is 5.94. The zero-order chi connectivity index (χ0) is 27.7. The van der Waals surface area contributed by atoms with E-state index in [1.54, 1.807) is 0 Å². The Balaban J connectivity index is 1.20. The Labute approximate surface area is 233 Å². The molecule has 39 heavy (non-hydrogen) atoms. The Kier molecular flexibility index (Phi) is 7.67. The third-order valence-corrected chi connectivity index (χ3v) is 8.51. The lowest BCUT2D eigenvalue weighted by Gasteiger charge is -2.34. The van der Waals surface area contributed by atoms with E-state index < -0.39 is 0 Å². The first-order chi connectivity index (χ1) is 18.7. The normalized spacial score (nSPS) is 14.1. The van der Waals surface area contributed by atoms with Crippen LogP contribution >= 0.6 is 0 Å². The molecule has 1 aromatic heterocycles. The molecule has 1 aliphatic rings. The molecular weight excluding hydrogens is 478 g/mol. The summed E-state index contributed by atoms with van der Waals surface area (Å²) in [5, 5.41) is 0. The molecule has 0 bridgehead atoms. The Hall–Kier alpha value is -3.76. The summed E-state index contributed by atoms with van der Waals surface area (Å²) in [4.78, 5) is 22.3. The van der Waals surface area contributed by atoms with Gasteiger partial charge in [0.25, 0.3) is 5.91 Å². The lowest BCUT2D eigenvalue weighted by atomic mass is 9.96. The molecule has 3 aromatic carbocycles. The highest BCUT2D eigenvalue weighted by Gasteiger charge is 2.22. The van der Waals surface area contributed by atoms with E-state index in [0.29, 0.717) is 0 Å². The van der Waals surface area contributed by atoms with Gasteiger partial charge in [-0.25, -0.2) is 0 Å². The number of hydrogen-bond donors (Lipinski definition) is 0. The van der Waals surface area contributed by atoms with Gasteiger partial charge in [-0.15, -0.1) is 0 Å². The van der Waals surface area contributed by atoms with Gasteiger partial charge in [0.05, 0.1) is 5.69 Å². The predicted molar refractivity (Wildman–Crippen MR) is 161 cm³/mol. The van der Waals surface area contributed by atoms with Gasteiger partial charge in [0, 0.05) is 50.0 Å². The van der Waals surface area contributed by atoms with Crippen molar-refractivity contribution in [2.24, 2.45) is 0 Å². The monoisotopic (exact) mass is 517 g/mol. The van der Waals surface area contributed by atoms with Gasteiger partial charge in [-0.2, -0.15) is 0 Å². The topological polar surface area (TPSA) is 36.4 Å². The van der Waals surface area contributed by atoms with Crippen molar-refractivity contribution in [2.75, 3.05) is 26.2 Å². The summed E-state index contributed by atoms with van der Waals surface area (Å²) >= 11 is 0. The molecule has 0 saturated carbocycles. The van der Waals surface area contributed by atoms with Crippen LogP contribution in [0.5, 0.6) is 0 Å². The SMILES string of the molecule is Cc1cc(-c2ccc(C(=O)N3CCN(Cc4ccnc(-c5cc(C)c(C)c(C)c5)c4)CC3)cc2)cc(C)c1C. The van der Waals surface area contributed by atoms with E-state index in [4.69, 9.17) is 0 Å². The van der Waals surface area contributed by atoms with Crippen LogP contribution in [0.25, 0.3) is 22.4 Å². The van der Waals surface area contributed by atoms with Gasteiger partial charge >= 0.3 is 0 Å². The van der Waals surface area contributed by atoms with Crippen molar-refractivity contribution in [3.63, 3.8) is 0 Å². The second-order valence-corrected chi connectivity index (χ2v) is 11.2. The lowest BCUT2D eigenvalue weighted by molar-refractivity contribution is 0.0628. The summed E-state index contributed by atoms with van der Waals surface area (Å²) in [7, 11) is 0. The Morgan fingerprint density at radius 2 is 1.21 bits per heavy atom. The lowest BCUT2D eigenvalue weighted by Crippen LogP contribution is -2.48. The zero-order valence-electron chi connectivity index (χ0n) is 24.1. The molecule has 1 fully saturated rings. The van der Waals surface area contributed by atoms with E-state index >= 15 is 0 Å². The van der Waals surface area contributed by atoms with Crippen molar-refractivity contribution >= 4 is 5.91 Å². The van der Waals surface area contributed by atoms with E-state index in [1.807, 2.05) is 23.2 Å². The molecule has 0 spiro atoms. The van der Waals surface area contributed by atoms with Crippen molar-refractivity contribution in [1.29, 1.82) is 0 Å². The molecule has 0 N–H and O–H groups in total. The van der Waals surface area contributed by atoms with Gasteiger partial charge in [-0.1, -0.05) is 24.3 Å². The quantitative estimate of drug-likeness (QED) is 0.280. The van der Waals surface area contributed by atoms with Crippen LogP contribution in [0.15, 0.2) is 66.9 Å². The fraction of sp³-hybridized carbons (Fsp3) is 0.314. The number of nitrogens with zero attached hydrogens (tertiary/aromatic N) is 3. The summed E-state index contributed by atoms with van der Waals surface area (Å²) in [6.07, 6.45) is 1.91. The minimum Gasteiger partial charge on any atom is -0.336 e. The first kappa shape index (κ1) is 26.8. The summed E-state index contributed by atoms with van der Waals surface area (Å²) < 4.78 is 0. The number of hydrogen-bond acceptors (Lipinski definition) is 3. The second kappa shape index (κ2) is 11.2. The number of benzene rings is 3. The van der Waals surface area contributed by atoms with Crippen LogP contribution in [0.3, 0.4) is 0 Å². The maximum absolute atomic E-state index is 13.2. The number of rotatable bonds is 5. The Morgan fingerprint density at radius 1 is 0.667 bits per heavy atom.